The standard InChI is InChI=1S/2Nd.3H2O8S2/c;;3*1-9(2,3)7-8-10(4,5)6/h;;3*(H,1,2,3)(H,4,5,6)/q2*+3;;;/p-6. The zero-order chi connectivity index (χ0) is 25.2. The Balaban J connectivity index is -0.000000110. The second kappa shape index (κ2) is 17.4. The molecule has 0 saturated carbocycles. The van der Waals surface area contributed by atoms with Crippen molar-refractivity contribution >= 4 is 62.4 Å². The first-order valence-corrected chi connectivity index (χ1v) is 12.5. The molecule has 0 aromatic heterocycles. The normalized spacial score (nSPS) is 12.6. The second-order valence-corrected chi connectivity index (χ2v) is 8.57. The van der Waals surface area contributed by atoms with Gasteiger partial charge in [0.25, 0.3) is 0 Å². The predicted molar refractivity (Wildman–Crippen MR) is 64.7 cm³/mol. The van der Waals surface area contributed by atoms with Crippen LogP contribution in [0.2, 0.25) is 0 Å². The molecule has 2 radical (unpaired) electrons. The summed E-state index contributed by atoms with van der Waals surface area (Å²) in [6.45, 7) is 0. The third-order valence-corrected chi connectivity index (χ3v) is 2.25. The summed E-state index contributed by atoms with van der Waals surface area (Å²) in [4.78, 5) is 0. The molecule has 0 saturated heterocycles. The Morgan fingerprint density at radius 1 is 0.281 bits per heavy atom. The summed E-state index contributed by atoms with van der Waals surface area (Å²) in [6, 6.07) is 0. The molecule has 0 aliphatic carbocycles. The first-order valence-electron chi connectivity index (χ1n) is 4.50. The molecule has 32 heavy (non-hydrogen) atoms. The Morgan fingerprint density at radius 2 is 0.344 bits per heavy atom. The van der Waals surface area contributed by atoms with E-state index < -0.39 is 62.4 Å². The van der Waals surface area contributed by atoms with Gasteiger partial charge in [-0.2, -0.15) is 0 Å². The zero-order valence-electron chi connectivity index (χ0n) is 13.2. The van der Waals surface area contributed by atoms with Crippen LogP contribution in [0.25, 0.3) is 0 Å². The SMILES string of the molecule is O=S(=O)([O-])OOS(=O)(=O)[O-].O=S(=O)([O-])OOS(=O)(=O)[O-].O=S(=O)([O-])OOS(=O)(=O)[O-].[Nd+3].[Nd+3]. The predicted octanol–water partition coefficient (Wildman–Crippen LogP) is -6.43. The van der Waals surface area contributed by atoms with Gasteiger partial charge in [-0.15, -0.1) is 26.0 Å². The summed E-state index contributed by atoms with van der Waals surface area (Å²) in [7, 11) is -31.9. The van der Waals surface area contributed by atoms with Gasteiger partial charge in [-0.3, -0.25) is 0 Å². The van der Waals surface area contributed by atoms with E-state index in [0.717, 1.165) is 0 Å². The van der Waals surface area contributed by atoms with E-state index >= 15 is 0 Å². The summed E-state index contributed by atoms with van der Waals surface area (Å²) >= 11 is 0. The van der Waals surface area contributed by atoms with Crippen molar-refractivity contribution in [3.63, 3.8) is 0 Å². The van der Waals surface area contributed by atoms with Crippen LogP contribution in [-0.4, -0.2) is 77.8 Å². The van der Waals surface area contributed by atoms with Crippen LogP contribution in [0.4, 0.5) is 0 Å². The van der Waals surface area contributed by atoms with Gasteiger partial charge in [-0.05, 0) is 0 Å². The maximum absolute atomic E-state index is 9.37. The molecule has 0 atom stereocenters. The van der Waals surface area contributed by atoms with Crippen LogP contribution in [0.5, 0.6) is 0 Å². The third kappa shape index (κ3) is 58.1. The minimum Gasteiger partial charge on any atom is -0.724 e. The molecule has 0 aliphatic heterocycles. The first kappa shape index (κ1) is 44.0. The van der Waals surface area contributed by atoms with Crippen LogP contribution >= 0.6 is 0 Å². The van der Waals surface area contributed by atoms with Crippen molar-refractivity contribution in [3.8, 4) is 0 Å². The number of hydrogen-bond donors (Lipinski definition) is 0. The van der Waals surface area contributed by atoms with Crippen LogP contribution in [0.3, 0.4) is 0 Å². The molecule has 0 aromatic rings. The molecule has 0 amide bonds. The fourth-order valence-electron chi connectivity index (χ4n) is 0.204. The second-order valence-electron chi connectivity index (χ2n) is 2.86. The Labute approximate surface area is 244 Å². The average Bonchev–Trinajstić information content (AvgIpc) is 2.38. The maximum atomic E-state index is 9.37. The van der Waals surface area contributed by atoms with E-state index in [4.69, 9.17) is 0 Å². The van der Waals surface area contributed by atoms with Gasteiger partial charge in [0.15, 0.2) is 0 Å². The van der Waals surface area contributed by atoms with Crippen molar-refractivity contribution < 1.29 is 186 Å². The van der Waals surface area contributed by atoms with Gasteiger partial charge in [0, 0.05) is 0 Å². The molecular formula is Nd2O24S6. The summed E-state index contributed by atoms with van der Waals surface area (Å²) in [5, 5.41) is 0. The molecular weight excluding hydrogens is 865 g/mol. The van der Waals surface area contributed by atoms with Crippen molar-refractivity contribution in [2.45, 2.75) is 0 Å². The van der Waals surface area contributed by atoms with Gasteiger partial charge in [-0.1, -0.05) is 0 Å². The first-order chi connectivity index (χ1) is 12.6. The molecule has 24 nitrogen and oxygen atoms in total. The van der Waals surface area contributed by atoms with Crippen LogP contribution in [0, 0.1) is 81.7 Å². The molecule has 0 fully saturated rings. The van der Waals surface area contributed by atoms with E-state index in [1.165, 1.54) is 0 Å². The Hall–Kier alpha value is 1.92. The van der Waals surface area contributed by atoms with Crippen LogP contribution in [0.15, 0.2) is 0 Å². The van der Waals surface area contributed by atoms with E-state index in [1.54, 1.807) is 0 Å². The fourth-order valence-corrected chi connectivity index (χ4v) is 1.84. The molecule has 188 valence electrons. The fraction of sp³-hybridized carbons (Fsp3) is 0. The van der Waals surface area contributed by atoms with Crippen molar-refractivity contribution in [2.75, 3.05) is 0 Å². The van der Waals surface area contributed by atoms with Crippen molar-refractivity contribution in [2.24, 2.45) is 0 Å². The monoisotopic (exact) mass is 860 g/mol. The largest absolute Gasteiger partial charge is 3.00 e. The topological polar surface area (TPSA) is 399 Å². The van der Waals surface area contributed by atoms with Gasteiger partial charge < -0.3 is 27.3 Å². The minimum atomic E-state index is -5.31. The van der Waals surface area contributed by atoms with E-state index in [9.17, 15) is 77.8 Å². The Kier molecular flexibility index (Phi) is 23.9. The molecule has 0 unspecified atom stereocenters. The maximum Gasteiger partial charge on any atom is 3.00 e. The molecule has 32 heteroatoms. The van der Waals surface area contributed by atoms with Crippen LogP contribution in [0.1, 0.15) is 0 Å². The summed E-state index contributed by atoms with van der Waals surface area (Å²) < 4.78 is 184. The van der Waals surface area contributed by atoms with E-state index in [1.807, 2.05) is 0 Å². The van der Waals surface area contributed by atoms with Gasteiger partial charge in [0.2, 0.25) is 62.4 Å². The summed E-state index contributed by atoms with van der Waals surface area (Å²) in [5.41, 5.74) is 0. The summed E-state index contributed by atoms with van der Waals surface area (Å²) in [5.74, 6) is 0. The number of hydrogen-bond acceptors (Lipinski definition) is 24. The molecule has 0 spiro atoms. The van der Waals surface area contributed by atoms with E-state index in [0.29, 0.717) is 0 Å². The van der Waals surface area contributed by atoms with E-state index in [-0.39, 0.29) is 81.7 Å². The molecule has 0 aromatic carbocycles. The Morgan fingerprint density at radius 3 is 0.375 bits per heavy atom. The zero-order valence-corrected chi connectivity index (χ0v) is 24.6. The van der Waals surface area contributed by atoms with Gasteiger partial charge in [0.1, 0.15) is 0 Å². The molecule has 0 N–H and O–H groups in total. The Bertz CT molecular complexity index is 893. The third-order valence-electron chi connectivity index (χ3n) is 0.583. The van der Waals surface area contributed by atoms with Gasteiger partial charge >= 0.3 is 81.7 Å². The van der Waals surface area contributed by atoms with E-state index in [2.05, 4.69) is 26.0 Å². The average molecular weight is 865 g/mol. The molecule has 0 aliphatic rings. The van der Waals surface area contributed by atoms with Crippen molar-refractivity contribution in [3.05, 3.63) is 0 Å². The van der Waals surface area contributed by atoms with Gasteiger partial charge in [0.05, 0.1) is 0 Å². The molecule has 0 bridgehead atoms. The smallest absolute Gasteiger partial charge is 0.724 e. The number of rotatable bonds is 9. The van der Waals surface area contributed by atoms with Crippen molar-refractivity contribution in [1.82, 2.24) is 0 Å². The van der Waals surface area contributed by atoms with Gasteiger partial charge in [-0.25, -0.2) is 50.5 Å². The summed E-state index contributed by atoms with van der Waals surface area (Å²) in [6.07, 6.45) is 0. The van der Waals surface area contributed by atoms with Crippen LogP contribution < -0.4 is 0 Å². The molecule has 0 heterocycles. The molecule has 0 rings (SSSR count). The quantitative estimate of drug-likeness (QED) is 0.0900. The van der Waals surface area contributed by atoms with Crippen molar-refractivity contribution in [1.29, 1.82) is 0 Å². The minimum absolute atomic E-state index is 0. The van der Waals surface area contributed by atoms with Crippen LogP contribution in [-0.2, 0) is 88.4 Å².